The van der Waals surface area contributed by atoms with Crippen molar-refractivity contribution in [3.05, 3.63) is 29.3 Å². The van der Waals surface area contributed by atoms with Gasteiger partial charge in [-0.2, -0.15) is 0 Å². The van der Waals surface area contributed by atoms with Crippen LogP contribution in [0.15, 0.2) is 18.2 Å². The Morgan fingerprint density at radius 2 is 2.16 bits per heavy atom. The number of halogens is 1. The topological polar surface area (TPSA) is 78.5 Å². The third-order valence-corrected chi connectivity index (χ3v) is 5.52. The van der Waals surface area contributed by atoms with Crippen molar-refractivity contribution >= 4 is 34.0 Å². The normalized spacial score (nSPS) is 19.7. The summed E-state index contributed by atoms with van der Waals surface area (Å²) in [7, 11) is -3.18. The number of benzene rings is 1. The first-order valence-electron chi connectivity index (χ1n) is 8.56. The van der Waals surface area contributed by atoms with Crippen molar-refractivity contribution in [1.82, 2.24) is 9.62 Å². The van der Waals surface area contributed by atoms with Crippen LogP contribution in [-0.4, -0.2) is 51.2 Å². The number of hydrogen-bond donors (Lipinski definition) is 2. The number of amides is 1. The molecule has 3 rings (SSSR count). The first-order valence-corrected chi connectivity index (χ1v) is 10.5. The molecule has 2 N–H and O–H groups in total. The summed E-state index contributed by atoms with van der Waals surface area (Å²) in [5.41, 5.74) is 3.06. The summed E-state index contributed by atoms with van der Waals surface area (Å²) in [6.45, 7) is 2.05. The van der Waals surface area contributed by atoms with Gasteiger partial charge < -0.3 is 10.2 Å². The molecule has 1 atom stereocenters. The first kappa shape index (κ1) is 20.0. The molecule has 0 spiro atoms. The number of sulfonamides is 1. The van der Waals surface area contributed by atoms with E-state index in [0.717, 1.165) is 56.3 Å². The summed E-state index contributed by atoms with van der Waals surface area (Å²) in [5, 5.41) is 3.31. The molecule has 0 radical (unpaired) electrons. The van der Waals surface area contributed by atoms with Gasteiger partial charge in [0.25, 0.3) is 5.91 Å². The molecule has 6 nitrogen and oxygen atoms in total. The van der Waals surface area contributed by atoms with E-state index in [0.29, 0.717) is 13.0 Å². The van der Waals surface area contributed by atoms with Crippen LogP contribution in [0.4, 0.5) is 5.69 Å². The van der Waals surface area contributed by atoms with Gasteiger partial charge in [-0.25, -0.2) is 13.1 Å². The van der Waals surface area contributed by atoms with E-state index in [1.807, 2.05) is 23.1 Å². The summed E-state index contributed by atoms with van der Waals surface area (Å²) in [5.74, 6) is 0.0637. The van der Waals surface area contributed by atoms with Crippen molar-refractivity contribution in [2.75, 3.05) is 31.2 Å². The van der Waals surface area contributed by atoms with Gasteiger partial charge in [-0.1, -0.05) is 0 Å². The fourth-order valence-corrected chi connectivity index (χ4v) is 4.07. The second-order valence-corrected chi connectivity index (χ2v) is 8.49. The number of anilines is 1. The van der Waals surface area contributed by atoms with Crippen LogP contribution < -0.4 is 10.0 Å². The lowest BCUT2D eigenvalue weighted by Crippen LogP contribution is -2.45. The van der Waals surface area contributed by atoms with E-state index < -0.39 is 10.0 Å². The highest BCUT2D eigenvalue weighted by atomic mass is 35.5. The molecule has 2 aliphatic rings. The number of piperidine rings is 1. The van der Waals surface area contributed by atoms with E-state index in [1.165, 1.54) is 5.56 Å². The van der Waals surface area contributed by atoms with Gasteiger partial charge in [0.15, 0.2) is 0 Å². The smallest absolute Gasteiger partial charge is 0.254 e. The number of hydrogen-bond acceptors (Lipinski definition) is 4. The number of likely N-dealkylation sites (tertiary alicyclic amines) is 1. The molecule has 1 fully saturated rings. The molecule has 2 aliphatic heterocycles. The SMILES string of the molecule is CS(=O)(=O)NCCC1CCCCN1C(=O)c1ccc2c(c1)CCN2.Cl. The predicted octanol–water partition coefficient (Wildman–Crippen LogP) is 2.01. The Morgan fingerprint density at radius 1 is 1.36 bits per heavy atom. The maximum Gasteiger partial charge on any atom is 0.254 e. The third kappa shape index (κ3) is 5.09. The Balaban J connectivity index is 0.00000225. The second-order valence-electron chi connectivity index (χ2n) is 6.65. The first-order chi connectivity index (χ1) is 11.4. The second kappa shape index (κ2) is 8.38. The fraction of sp³-hybridized carbons (Fsp3) is 0.588. The van der Waals surface area contributed by atoms with E-state index in [1.54, 1.807) is 0 Å². The maximum absolute atomic E-state index is 12.9. The van der Waals surface area contributed by atoms with Crippen LogP contribution in [0, 0.1) is 0 Å². The Morgan fingerprint density at radius 3 is 2.92 bits per heavy atom. The molecule has 1 amide bonds. The molecule has 0 aromatic heterocycles. The van der Waals surface area contributed by atoms with Gasteiger partial charge in [0.05, 0.1) is 6.26 Å². The van der Waals surface area contributed by atoms with Crippen molar-refractivity contribution in [3.63, 3.8) is 0 Å². The quantitative estimate of drug-likeness (QED) is 0.810. The van der Waals surface area contributed by atoms with E-state index in [-0.39, 0.29) is 24.4 Å². The molecule has 2 heterocycles. The maximum atomic E-state index is 12.9. The zero-order valence-electron chi connectivity index (χ0n) is 14.5. The zero-order valence-corrected chi connectivity index (χ0v) is 16.1. The van der Waals surface area contributed by atoms with Crippen molar-refractivity contribution in [2.24, 2.45) is 0 Å². The zero-order chi connectivity index (χ0) is 17.2. The molecule has 0 saturated carbocycles. The van der Waals surface area contributed by atoms with E-state index in [2.05, 4.69) is 10.0 Å². The van der Waals surface area contributed by atoms with Crippen molar-refractivity contribution in [3.8, 4) is 0 Å². The number of nitrogens with zero attached hydrogens (tertiary/aromatic N) is 1. The Kier molecular flexibility index (Phi) is 6.71. The van der Waals surface area contributed by atoms with E-state index in [4.69, 9.17) is 0 Å². The molecule has 1 aromatic carbocycles. The van der Waals surface area contributed by atoms with Gasteiger partial charge in [-0.05, 0) is 55.9 Å². The van der Waals surface area contributed by atoms with Crippen LogP contribution in [0.2, 0.25) is 0 Å². The predicted molar refractivity (Wildman–Crippen MR) is 102 cm³/mol. The Labute approximate surface area is 155 Å². The molecule has 25 heavy (non-hydrogen) atoms. The molecule has 1 aromatic rings. The van der Waals surface area contributed by atoms with Gasteiger partial charge in [0.1, 0.15) is 0 Å². The highest BCUT2D eigenvalue weighted by Gasteiger charge is 2.28. The number of rotatable bonds is 5. The minimum atomic E-state index is -3.18. The van der Waals surface area contributed by atoms with Crippen LogP contribution in [0.3, 0.4) is 0 Å². The minimum Gasteiger partial charge on any atom is -0.384 e. The van der Waals surface area contributed by atoms with Gasteiger partial charge in [-0.15, -0.1) is 12.4 Å². The molecule has 140 valence electrons. The van der Waals surface area contributed by atoms with Crippen LogP contribution in [0.25, 0.3) is 0 Å². The summed E-state index contributed by atoms with van der Waals surface area (Å²) in [6.07, 6.45) is 5.80. The summed E-state index contributed by atoms with van der Waals surface area (Å²) in [6, 6.07) is 5.98. The van der Waals surface area contributed by atoms with E-state index in [9.17, 15) is 13.2 Å². The minimum absolute atomic E-state index is 0. The molecule has 0 aliphatic carbocycles. The number of nitrogens with one attached hydrogen (secondary N) is 2. The summed E-state index contributed by atoms with van der Waals surface area (Å²) < 4.78 is 25.0. The van der Waals surface area contributed by atoms with Gasteiger partial charge >= 0.3 is 0 Å². The average molecular weight is 388 g/mol. The van der Waals surface area contributed by atoms with Crippen molar-refractivity contribution < 1.29 is 13.2 Å². The van der Waals surface area contributed by atoms with Gasteiger partial charge in [-0.3, -0.25) is 4.79 Å². The molecular weight excluding hydrogens is 362 g/mol. The monoisotopic (exact) mass is 387 g/mol. The van der Waals surface area contributed by atoms with Gasteiger partial charge in [0, 0.05) is 36.9 Å². The lowest BCUT2D eigenvalue weighted by Gasteiger charge is -2.36. The van der Waals surface area contributed by atoms with Crippen LogP contribution in [-0.2, 0) is 16.4 Å². The van der Waals surface area contributed by atoms with Crippen molar-refractivity contribution in [1.29, 1.82) is 0 Å². The highest BCUT2D eigenvalue weighted by Crippen LogP contribution is 2.26. The van der Waals surface area contributed by atoms with Crippen LogP contribution >= 0.6 is 12.4 Å². The van der Waals surface area contributed by atoms with Crippen LogP contribution in [0.1, 0.15) is 41.6 Å². The van der Waals surface area contributed by atoms with Gasteiger partial charge in [0.2, 0.25) is 10.0 Å². The molecule has 8 heteroatoms. The average Bonchev–Trinajstić information content (AvgIpc) is 3.01. The largest absolute Gasteiger partial charge is 0.384 e. The van der Waals surface area contributed by atoms with Crippen LogP contribution in [0.5, 0.6) is 0 Å². The Hall–Kier alpha value is -1.31. The number of carbonyl (C=O) groups excluding carboxylic acids is 1. The fourth-order valence-electron chi connectivity index (χ4n) is 3.58. The summed E-state index contributed by atoms with van der Waals surface area (Å²) in [4.78, 5) is 14.9. The lowest BCUT2D eigenvalue weighted by molar-refractivity contribution is 0.0604. The van der Waals surface area contributed by atoms with Crippen molar-refractivity contribution in [2.45, 2.75) is 38.1 Å². The molecule has 1 unspecified atom stereocenters. The standard InChI is InChI=1S/C17H25N3O3S.ClH/c1-24(22,23)19-10-8-15-4-2-3-11-20(15)17(21)14-5-6-16-13(12-14)7-9-18-16;/h5-6,12,15,18-19H,2-4,7-11H2,1H3;1H. The Bertz CT molecular complexity index is 724. The van der Waals surface area contributed by atoms with E-state index >= 15 is 0 Å². The number of carbonyl (C=O) groups is 1. The summed E-state index contributed by atoms with van der Waals surface area (Å²) >= 11 is 0. The third-order valence-electron chi connectivity index (χ3n) is 4.79. The molecule has 1 saturated heterocycles. The number of fused-ring (bicyclic) bond motifs is 1. The molecule has 0 bridgehead atoms. The lowest BCUT2D eigenvalue weighted by atomic mass is 9.97. The molecular formula is C17H26ClN3O3S. The highest BCUT2D eigenvalue weighted by molar-refractivity contribution is 7.88.